The summed E-state index contributed by atoms with van der Waals surface area (Å²) in [5, 5.41) is 3.45. The van der Waals surface area contributed by atoms with E-state index in [1.165, 1.54) is 23.1 Å². The molecule has 25 heavy (non-hydrogen) atoms. The molecule has 1 saturated heterocycles. The molecule has 130 valence electrons. The third kappa shape index (κ3) is 3.51. The zero-order valence-electron chi connectivity index (χ0n) is 14.8. The summed E-state index contributed by atoms with van der Waals surface area (Å²) in [7, 11) is 0. The number of rotatable bonds is 3. The number of hydrogen-bond donors (Lipinski definition) is 1. The highest BCUT2D eigenvalue weighted by Gasteiger charge is 2.28. The van der Waals surface area contributed by atoms with Crippen molar-refractivity contribution in [3.63, 3.8) is 0 Å². The summed E-state index contributed by atoms with van der Waals surface area (Å²) in [4.78, 5) is 19.6. The van der Waals surface area contributed by atoms with Crippen LogP contribution in [0.5, 0.6) is 0 Å². The number of aliphatic imine (C=N–C) groups is 1. The lowest BCUT2D eigenvalue weighted by atomic mass is 9.98. The van der Waals surface area contributed by atoms with Crippen molar-refractivity contribution in [3.8, 4) is 0 Å². The minimum atomic E-state index is 0.229. The van der Waals surface area contributed by atoms with Gasteiger partial charge in [-0.05, 0) is 54.8 Å². The number of Topliss-reactive ketones (excluding diaryl/α,β-unsaturated/α-hetero) is 1. The Morgan fingerprint density at radius 1 is 1.24 bits per heavy atom. The molecule has 4 rings (SSSR count). The van der Waals surface area contributed by atoms with Crippen LogP contribution in [0.15, 0.2) is 41.0 Å². The van der Waals surface area contributed by atoms with Crippen LogP contribution in [0.1, 0.15) is 36.5 Å². The molecule has 0 saturated carbocycles. The Labute approximate surface area is 149 Å². The molecule has 4 heteroatoms. The van der Waals surface area contributed by atoms with Crippen molar-refractivity contribution in [1.82, 2.24) is 10.2 Å². The van der Waals surface area contributed by atoms with Gasteiger partial charge in [0.1, 0.15) is 0 Å². The maximum absolute atomic E-state index is 12.6. The largest absolute Gasteiger partial charge is 0.315 e. The third-order valence-electron chi connectivity index (χ3n) is 5.21. The van der Waals surface area contributed by atoms with Crippen LogP contribution in [0.3, 0.4) is 0 Å². The number of benzene rings is 1. The molecule has 1 fully saturated rings. The summed E-state index contributed by atoms with van der Waals surface area (Å²) >= 11 is 0. The van der Waals surface area contributed by atoms with Crippen LogP contribution >= 0.6 is 0 Å². The second-order valence-electron chi connectivity index (χ2n) is 7.26. The predicted molar refractivity (Wildman–Crippen MR) is 102 cm³/mol. The van der Waals surface area contributed by atoms with E-state index in [0.717, 1.165) is 56.0 Å². The number of carbonyl (C=O) groups is 1. The number of nitrogens with one attached hydrogen (secondary N) is 1. The minimum Gasteiger partial charge on any atom is -0.315 e. The van der Waals surface area contributed by atoms with E-state index in [1.54, 1.807) is 0 Å². The van der Waals surface area contributed by atoms with E-state index in [-0.39, 0.29) is 5.78 Å². The van der Waals surface area contributed by atoms with Gasteiger partial charge in [0.05, 0.1) is 0 Å². The SMILES string of the molecule is CC1=CN=C(/C=C2\C(=O)Cc3cccc(CN4CCCNCC4)c32)C1. The predicted octanol–water partition coefficient (Wildman–Crippen LogP) is 2.74. The van der Waals surface area contributed by atoms with E-state index >= 15 is 0 Å². The molecule has 2 aliphatic heterocycles. The van der Waals surface area contributed by atoms with Gasteiger partial charge in [-0.15, -0.1) is 0 Å². The molecule has 1 aliphatic carbocycles. The van der Waals surface area contributed by atoms with Crippen LogP contribution in [0.25, 0.3) is 5.57 Å². The van der Waals surface area contributed by atoms with Crippen LogP contribution in [-0.2, 0) is 17.8 Å². The summed E-state index contributed by atoms with van der Waals surface area (Å²) in [6.07, 6.45) is 6.48. The van der Waals surface area contributed by atoms with Gasteiger partial charge in [0, 0.05) is 50.0 Å². The lowest BCUT2D eigenvalue weighted by Crippen LogP contribution is -2.28. The van der Waals surface area contributed by atoms with Gasteiger partial charge in [-0.25, -0.2) is 0 Å². The Morgan fingerprint density at radius 3 is 3.00 bits per heavy atom. The molecule has 0 unspecified atom stereocenters. The molecule has 1 N–H and O–H groups in total. The smallest absolute Gasteiger partial charge is 0.167 e. The molecule has 0 bridgehead atoms. The Hall–Kier alpha value is -2.04. The van der Waals surface area contributed by atoms with E-state index in [1.807, 2.05) is 12.3 Å². The zero-order valence-corrected chi connectivity index (χ0v) is 14.8. The fourth-order valence-corrected chi connectivity index (χ4v) is 3.96. The molecule has 2 heterocycles. The summed E-state index contributed by atoms with van der Waals surface area (Å²) in [5.41, 5.74) is 6.73. The van der Waals surface area contributed by atoms with Crippen molar-refractivity contribution in [1.29, 1.82) is 0 Å². The maximum atomic E-state index is 12.6. The maximum Gasteiger partial charge on any atom is 0.167 e. The number of nitrogens with zero attached hydrogens (tertiary/aromatic N) is 2. The van der Waals surface area contributed by atoms with Crippen LogP contribution in [0, 0.1) is 0 Å². The molecule has 0 radical (unpaired) electrons. The zero-order chi connectivity index (χ0) is 17.2. The Morgan fingerprint density at radius 2 is 2.16 bits per heavy atom. The Balaban J connectivity index is 1.64. The average Bonchev–Trinajstić information content (AvgIpc) is 3.03. The number of allylic oxidation sites excluding steroid dienone is 3. The highest BCUT2D eigenvalue weighted by atomic mass is 16.1. The number of ketones is 1. The molecule has 0 aromatic heterocycles. The van der Waals surface area contributed by atoms with Gasteiger partial charge >= 0.3 is 0 Å². The van der Waals surface area contributed by atoms with E-state index in [9.17, 15) is 4.79 Å². The van der Waals surface area contributed by atoms with Gasteiger partial charge < -0.3 is 5.32 Å². The van der Waals surface area contributed by atoms with Crippen LogP contribution < -0.4 is 5.32 Å². The van der Waals surface area contributed by atoms with Gasteiger partial charge in [0.2, 0.25) is 0 Å². The van der Waals surface area contributed by atoms with Crippen LogP contribution in [0.4, 0.5) is 0 Å². The van der Waals surface area contributed by atoms with Gasteiger partial charge in [-0.2, -0.15) is 0 Å². The van der Waals surface area contributed by atoms with E-state index in [2.05, 4.69) is 40.3 Å². The minimum absolute atomic E-state index is 0.229. The fourth-order valence-electron chi connectivity index (χ4n) is 3.96. The fraction of sp³-hybridized carbons (Fsp3) is 0.429. The van der Waals surface area contributed by atoms with Crippen LogP contribution in [-0.4, -0.2) is 42.6 Å². The van der Waals surface area contributed by atoms with Crippen molar-refractivity contribution in [3.05, 3.63) is 52.7 Å². The Kier molecular flexibility index (Phi) is 4.64. The number of carbonyl (C=O) groups excluding carboxylic acids is 1. The quantitative estimate of drug-likeness (QED) is 0.864. The lowest BCUT2D eigenvalue weighted by molar-refractivity contribution is -0.112. The monoisotopic (exact) mass is 335 g/mol. The normalized spacial score (nSPS) is 22.8. The second-order valence-corrected chi connectivity index (χ2v) is 7.26. The molecule has 1 aromatic carbocycles. The second kappa shape index (κ2) is 7.06. The topological polar surface area (TPSA) is 44.7 Å². The standard InChI is InChI=1S/C21H25N3O/c1-15-10-18(23-13-15)12-19-20(25)11-16-4-2-5-17(21(16)19)14-24-8-3-6-22-7-9-24/h2,4-5,12-13,22H,3,6-11,14H2,1H3/b19-12+. The van der Waals surface area contributed by atoms with Gasteiger partial charge in [-0.3, -0.25) is 14.7 Å². The molecular weight excluding hydrogens is 310 g/mol. The summed E-state index contributed by atoms with van der Waals surface area (Å²) in [6.45, 7) is 7.31. The summed E-state index contributed by atoms with van der Waals surface area (Å²) < 4.78 is 0. The molecule has 0 atom stereocenters. The Bertz CT molecular complexity index is 780. The summed E-state index contributed by atoms with van der Waals surface area (Å²) in [5.74, 6) is 0.229. The molecular formula is C21H25N3O. The van der Waals surface area contributed by atoms with Gasteiger partial charge in [-0.1, -0.05) is 18.2 Å². The highest BCUT2D eigenvalue weighted by Crippen LogP contribution is 2.34. The van der Waals surface area contributed by atoms with E-state index < -0.39 is 0 Å². The number of hydrogen-bond acceptors (Lipinski definition) is 4. The van der Waals surface area contributed by atoms with Crippen molar-refractivity contribution >= 4 is 17.1 Å². The molecule has 0 amide bonds. The first-order valence-electron chi connectivity index (χ1n) is 9.22. The lowest BCUT2D eigenvalue weighted by Gasteiger charge is -2.21. The number of fused-ring (bicyclic) bond motifs is 1. The molecule has 0 spiro atoms. The van der Waals surface area contributed by atoms with E-state index in [4.69, 9.17) is 0 Å². The van der Waals surface area contributed by atoms with Crippen molar-refractivity contribution in [2.24, 2.45) is 4.99 Å². The first kappa shape index (κ1) is 16.4. The van der Waals surface area contributed by atoms with Crippen molar-refractivity contribution in [2.75, 3.05) is 26.2 Å². The average molecular weight is 335 g/mol. The molecule has 1 aromatic rings. The molecule has 3 aliphatic rings. The summed E-state index contributed by atoms with van der Waals surface area (Å²) in [6, 6.07) is 6.38. The van der Waals surface area contributed by atoms with Crippen molar-refractivity contribution < 1.29 is 4.79 Å². The van der Waals surface area contributed by atoms with Gasteiger partial charge in [0.25, 0.3) is 0 Å². The highest BCUT2D eigenvalue weighted by molar-refractivity contribution is 6.29. The van der Waals surface area contributed by atoms with Crippen LogP contribution in [0.2, 0.25) is 0 Å². The third-order valence-corrected chi connectivity index (χ3v) is 5.21. The first-order chi connectivity index (χ1) is 12.2. The van der Waals surface area contributed by atoms with E-state index in [0.29, 0.717) is 6.42 Å². The molecule has 4 nitrogen and oxygen atoms in total. The first-order valence-corrected chi connectivity index (χ1v) is 9.22. The van der Waals surface area contributed by atoms with Crippen molar-refractivity contribution in [2.45, 2.75) is 32.7 Å². The van der Waals surface area contributed by atoms with Gasteiger partial charge in [0.15, 0.2) is 5.78 Å².